The molecule has 0 spiro atoms. The Balaban J connectivity index is 1.67. The fourth-order valence-electron chi connectivity index (χ4n) is 2.40. The lowest BCUT2D eigenvalue weighted by Gasteiger charge is -2.07. The van der Waals surface area contributed by atoms with E-state index >= 15 is 0 Å². The maximum atomic E-state index is 9.21. The van der Waals surface area contributed by atoms with Crippen LogP contribution < -0.4 is 0 Å². The highest BCUT2D eigenvalue weighted by molar-refractivity contribution is 6.12. The molecule has 21 heavy (non-hydrogen) atoms. The highest BCUT2D eigenvalue weighted by Gasteiger charge is 2.24. The molecule has 1 heterocycles. The van der Waals surface area contributed by atoms with Gasteiger partial charge in [-0.3, -0.25) is 0 Å². The van der Waals surface area contributed by atoms with Crippen molar-refractivity contribution < 1.29 is 10.0 Å². The van der Waals surface area contributed by atoms with Gasteiger partial charge in [0.1, 0.15) is 0 Å². The molecule has 4 heteroatoms. The van der Waals surface area contributed by atoms with Crippen molar-refractivity contribution in [3.05, 3.63) is 71.8 Å². The number of nitrogens with zero attached hydrogens (tertiary/aromatic N) is 2. The number of hydrogen-bond acceptors (Lipinski definition) is 4. The molecule has 106 valence electrons. The van der Waals surface area contributed by atoms with Crippen LogP contribution in [0.3, 0.4) is 0 Å². The summed E-state index contributed by atoms with van der Waals surface area (Å²) in [4.78, 5) is 5.48. The fraction of sp³-hybridized carbons (Fsp3) is 0.176. The molecular weight excluding hydrogens is 264 g/mol. The molecule has 1 aliphatic heterocycles. The Morgan fingerprint density at radius 2 is 1.76 bits per heavy atom. The molecule has 0 radical (unpaired) electrons. The minimum atomic E-state index is -0.0445. The lowest BCUT2D eigenvalue weighted by molar-refractivity contribution is 0.0857. The third-order valence-corrected chi connectivity index (χ3v) is 3.50. The van der Waals surface area contributed by atoms with Crippen LogP contribution in [0, 0.1) is 0 Å². The first kappa shape index (κ1) is 13.4. The molecule has 2 aromatic rings. The predicted molar refractivity (Wildman–Crippen MR) is 81.7 cm³/mol. The minimum Gasteiger partial charge on any atom is -0.411 e. The van der Waals surface area contributed by atoms with Crippen molar-refractivity contribution in [1.82, 2.24) is 0 Å². The molecule has 1 N–H and O–H groups in total. The molecule has 0 bridgehead atoms. The van der Waals surface area contributed by atoms with Crippen molar-refractivity contribution in [3.8, 4) is 0 Å². The maximum absolute atomic E-state index is 9.21. The van der Waals surface area contributed by atoms with Gasteiger partial charge in [-0.1, -0.05) is 71.0 Å². The summed E-state index contributed by atoms with van der Waals surface area (Å²) in [6, 6.07) is 19.6. The summed E-state index contributed by atoms with van der Waals surface area (Å²) in [5, 5.41) is 16.7. The van der Waals surface area contributed by atoms with E-state index in [1.165, 1.54) is 0 Å². The fourth-order valence-corrected chi connectivity index (χ4v) is 2.40. The van der Waals surface area contributed by atoms with Crippen LogP contribution >= 0.6 is 0 Å². The summed E-state index contributed by atoms with van der Waals surface area (Å²) in [5.41, 5.74) is 3.50. The molecule has 1 atom stereocenters. The predicted octanol–water partition coefficient (Wildman–Crippen LogP) is 3.77. The number of benzene rings is 2. The molecule has 1 unspecified atom stereocenters. The quantitative estimate of drug-likeness (QED) is 0.526. The summed E-state index contributed by atoms with van der Waals surface area (Å²) in [6.45, 7) is 0. The normalized spacial score (nSPS) is 18.2. The number of oxime groups is 2. The molecule has 0 aromatic heterocycles. The Labute approximate surface area is 123 Å². The Hall–Kier alpha value is -2.62. The second kappa shape index (κ2) is 6.22. The molecular formula is C17H16N2O2. The standard InChI is InChI=1S/C17H16N2O2/c20-18-16(13-7-3-1-4-8-13)11-15-12-17(21-19-15)14-9-5-2-6-10-14/h1-10,17,20H,11-12H2/b18-16-. The van der Waals surface area contributed by atoms with Gasteiger partial charge in [0.2, 0.25) is 0 Å². The molecule has 0 saturated carbocycles. The second-order valence-corrected chi connectivity index (χ2v) is 4.96. The van der Waals surface area contributed by atoms with Gasteiger partial charge in [-0.25, -0.2) is 0 Å². The van der Waals surface area contributed by atoms with Crippen molar-refractivity contribution in [3.63, 3.8) is 0 Å². The molecule has 4 nitrogen and oxygen atoms in total. The molecule has 3 rings (SSSR count). The average Bonchev–Trinajstić information content (AvgIpc) is 3.03. The van der Waals surface area contributed by atoms with E-state index in [-0.39, 0.29) is 6.10 Å². The summed E-state index contributed by atoms with van der Waals surface area (Å²) >= 11 is 0. The lowest BCUT2D eigenvalue weighted by atomic mass is 9.99. The third kappa shape index (κ3) is 3.11. The van der Waals surface area contributed by atoms with Gasteiger partial charge in [-0.2, -0.15) is 0 Å². The third-order valence-electron chi connectivity index (χ3n) is 3.50. The first-order chi connectivity index (χ1) is 10.4. The largest absolute Gasteiger partial charge is 0.411 e. The number of rotatable bonds is 4. The van der Waals surface area contributed by atoms with E-state index in [1.807, 2.05) is 60.7 Å². The zero-order valence-electron chi connectivity index (χ0n) is 11.5. The van der Waals surface area contributed by atoms with Gasteiger partial charge in [0.05, 0.1) is 11.4 Å². The molecule has 0 saturated heterocycles. The molecule has 0 amide bonds. The zero-order valence-corrected chi connectivity index (χ0v) is 11.5. The van der Waals surface area contributed by atoms with Gasteiger partial charge in [0, 0.05) is 12.8 Å². The highest BCUT2D eigenvalue weighted by Crippen LogP contribution is 2.28. The topological polar surface area (TPSA) is 54.2 Å². The Morgan fingerprint density at radius 3 is 2.43 bits per heavy atom. The van der Waals surface area contributed by atoms with Crippen LogP contribution in [0.1, 0.15) is 30.1 Å². The first-order valence-corrected chi connectivity index (χ1v) is 6.89. The van der Waals surface area contributed by atoms with E-state index in [9.17, 15) is 5.21 Å². The van der Waals surface area contributed by atoms with E-state index in [0.29, 0.717) is 12.1 Å². The van der Waals surface area contributed by atoms with E-state index in [1.54, 1.807) is 0 Å². The molecule has 0 fully saturated rings. The highest BCUT2D eigenvalue weighted by atomic mass is 16.6. The number of hydrogen-bond donors (Lipinski definition) is 1. The van der Waals surface area contributed by atoms with E-state index in [0.717, 1.165) is 23.3 Å². The molecule has 0 aliphatic carbocycles. The maximum Gasteiger partial charge on any atom is 0.157 e. The van der Waals surface area contributed by atoms with Crippen LogP contribution in [0.5, 0.6) is 0 Å². The Bertz CT molecular complexity index is 651. The Kier molecular flexibility index (Phi) is 3.96. The minimum absolute atomic E-state index is 0.0445. The summed E-state index contributed by atoms with van der Waals surface area (Å²) in [7, 11) is 0. The van der Waals surface area contributed by atoms with E-state index in [2.05, 4.69) is 10.3 Å². The van der Waals surface area contributed by atoms with Crippen LogP contribution in [0.15, 0.2) is 71.0 Å². The average molecular weight is 280 g/mol. The van der Waals surface area contributed by atoms with Gasteiger partial charge in [-0.15, -0.1) is 0 Å². The Morgan fingerprint density at radius 1 is 1.10 bits per heavy atom. The SMILES string of the molecule is O/N=C(/CC1=NOC(c2ccccc2)C1)c1ccccc1. The van der Waals surface area contributed by atoms with Crippen LogP contribution in [0.2, 0.25) is 0 Å². The molecule has 2 aromatic carbocycles. The smallest absolute Gasteiger partial charge is 0.157 e. The van der Waals surface area contributed by atoms with Crippen LogP contribution in [0.4, 0.5) is 0 Å². The van der Waals surface area contributed by atoms with Crippen molar-refractivity contribution in [2.45, 2.75) is 18.9 Å². The van der Waals surface area contributed by atoms with Crippen molar-refractivity contribution >= 4 is 11.4 Å². The first-order valence-electron chi connectivity index (χ1n) is 6.89. The lowest BCUT2D eigenvalue weighted by Crippen LogP contribution is -2.09. The van der Waals surface area contributed by atoms with E-state index < -0.39 is 0 Å². The van der Waals surface area contributed by atoms with Crippen LogP contribution in [-0.4, -0.2) is 16.6 Å². The monoisotopic (exact) mass is 280 g/mol. The van der Waals surface area contributed by atoms with Crippen molar-refractivity contribution in [2.75, 3.05) is 0 Å². The van der Waals surface area contributed by atoms with Crippen LogP contribution in [-0.2, 0) is 4.84 Å². The summed E-state index contributed by atoms with van der Waals surface area (Å²) in [5.74, 6) is 0. The van der Waals surface area contributed by atoms with Gasteiger partial charge in [0.25, 0.3) is 0 Å². The van der Waals surface area contributed by atoms with Crippen molar-refractivity contribution in [2.24, 2.45) is 10.3 Å². The van der Waals surface area contributed by atoms with Gasteiger partial charge < -0.3 is 10.0 Å². The van der Waals surface area contributed by atoms with E-state index in [4.69, 9.17) is 4.84 Å². The van der Waals surface area contributed by atoms with Gasteiger partial charge in [-0.05, 0) is 11.1 Å². The van der Waals surface area contributed by atoms with Gasteiger partial charge in [0.15, 0.2) is 6.10 Å². The summed E-state index contributed by atoms with van der Waals surface area (Å²) in [6.07, 6.45) is 1.16. The van der Waals surface area contributed by atoms with Crippen molar-refractivity contribution in [1.29, 1.82) is 0 Å². The second-order valence-electron chi connectivity index (χ2n) is 4.96. The summed E-state index contributed by atoms with van der Waals surface area (Å²) < 4.78 is 0. The van der Waals surface area contributed by atoms with Gasteiger partial charge >= 0.3 is 0 Å². The zero-order chi connectivity index (χ0) is 14.5. The van der Waals surface area contributed by atoms with Crippen LogP contribution in [0.25, 0.3) is 0 Å². The molecule has 1 aliphatic rings.